The van der Waals surface area contributed by atoms with Crippen LogP contribution in [0.2, 0.25) is 0 Å². The molecule has 0 aliphatic heterocycles. The molecule has 0 aliphatic rings. The van der Waals surface area contributed by atoms with Crippen LogP contribution in [0.1, 0.15) is 27.2 Å². The first-order valence-corrected chi connectivity index (χ1v) is 5.68. The monoisotopic (exact) mass is 204 g/mol. The van der Waals surface area contributed by atoms with E-state index in [4.69, 9.17) is 5.11 Å². The molecule has 0 bridgehead atoms. The molecule has 14 heavy (non-hydrogen) atoms. The third-order valence-electron chi connectivity index (χ3n) is 1.95. The van der Waals surface area contributed by atoms with E-state index in [0.29, 0.717) is 0 Å². The van der Waals surface area contributed by atoms with Crippen molar-refractivity contribution >= 4 is 0 Å². The number of likely N-dealkylation sites (N-methyl/N-ethyl adjacent to an activating group) is 2. The molecule has 0 saturated heterocycles. The average Bonchev–Trinajstić information content (AvgIpc) is 2.19. The zero-order valence-corrected chi connectivity index (χ0v) is 10.6. The van der Waals surface area contributed by atoms with Gasteiger partial charge < -0.3 is 14.9 Å². The zero-order chi connectivity index (χ0) is 11.4. The molecule has 1 N–H and O–H groups in total. The Hall–Kier alpha value is -0.120. The predicted molar refractivity (Wildman–Crippen MR) is 63.7 cm³/mol. The summed E-state index contributed by atoms with van der Waals surface area (Å²) in [4.78, 5) is 4.46. The molecule has 88 valence electrons. The molecule has 0 radical (unpaired) electrons. The van der Waals surface area contributed by atoms with Crippen molar-refractivity contribution in [2.24, 2.45) is 0 Å². The standard InChI is InChI=1S/C9H22N2O.C2H6/c1-4-5-10(2)6-7-11(3)8-9-12;1-2/h12H,4-9H2,1-3H3;1-2H3. The number of aliphatic hydroxyl groups excluding tert-OH is 1. The van der Waals surface area contributed by atoms with E-state index in [2.05, 4.69) is 23.8 Å². The van der Waals surface area contributed by atoms with Crippen molar-refractivity contribution in [3.05, 3.63) is 0 Å². The minimum atomic E-state index is 0.258. The molecule has 0 atom stereocenters. The van der Waals surface area contributed by atoms with E-state index in [1.807, 2.05) is 20.9 Å². The summed E-state index contributed by atoms with van der Waals surface area (Å²) in [6, 6.07) is 0. The third kappa shape index (κ3) is 11.9. The SMILES string of the molecule is CC.CCCN(C)CCN(C)CCO. The number of hydrogen-bond donors (Lipinski definition) is 1. The molecule has 3 nitrogen and oxygen atoms in total. The molecule has 3 heteroatoms. The van der Waals surface area contributed by atoms with Crippen molar-refractivity contribution in [2.75, 3.05) is 46.9 Å². The molecule has 0 aromatic rings. The first-order valence-electron chi connectivity index (χ1n) is 5.68. The van der Waals surface area contributed by atoms with Gasteiger partial charge in [0, 0.05) is 19.6 Å². The summed E-state index contributed by atoms with van der Waals surface area (Å²) in [7, 11) is 4.17. The van der Waals surface area contributed by atoms with Crippen LogP contribution in [0.3, 0.4) is 0 Å². The Kier molecular flexibility index (Phi) is 15.0. The summed E-state index contributed by atoms with van der Waals surface area (Å²) in [6.07, 6.45) is 1.21. The second-order valence-electron chi connectivity index (χ2n) is 3.33. The van der Waals surface area contributed by atoms with E-state index >= 15 is 0 Å². The molecule has 0 fully saturated rings. The molecule has 0 spiro atoms. The van der Waals surface area contributed by atoms with Crippen molar-refractivity contribution in [1.29, 1.82) is 0 Å². The van der Waals surface area contributed by atoms with Gasteiger partial charge in [-0.1, -0.05) is 20.8 Å². The lowest BCUT2D eigenvalue weighted by atomic mass is 10.4. The molecular weight excluding hydrogens is 176 g/mol. The van der Waals surface area contributed by atoms with E-state index < -0.39 is 0 Å². The quantitative estimate of drug-likeness (QED) is 0.677. The molecular formula is C11H28N2O. The van der Waals surface area contributed by atoms with Crippen LogP contribution < -0.4 is 0 Å². The molecule has 0 aliphatic carbocycles. The summed E-state index contributed by atoms with van der Waals surface area (Å²) in [5, 5.41) is 8.65. The van der Waals surface area contributed by atoms with Gasteiger partial charge in [-0.05, 0) is 27.1 Å². The zero-order valence-electron chi connectivity index (χ0n) is 10.6. The van der Waals surface area contributed by atoms with E-state index in [0.717, 1.165) is 26.2 Å². The highest BCUT2D eigenvalue weighted by Crippen LogP contribution is 1.88. The number of nitrogens with zero attached hydrogens (tertiary/aromatic N) is 2. The largest absolute Gasteiger partial charge is 0.395 e. The van der Waals surface area contributed by atoms with Gasteiger partial charge in [-0.25, -0.2) is 0 Å². The van der Waals surface area contributed by atoms with Crippen LogP contribution in [-0.2, 0) is 0 Å². The van der Waals surface area contributed by atoms with Crippen LogP contribution in [0.25, 0.3) is 0 Å². The molecule has 0 amide bonds. The Bertz CT molecular complexity index is 87.3. The highest BCUT2D eigenvalue weighted by atomic mass is 16.3. The fourth-order valence-electron chi connectivity index (χ4n) is 1.12. The van der Waals surface area contributed by atoms with E-state index in [1.165, 1.54) is 6.42 Å². The normalized spacial score (nSPS) is 10.3. The first-order chi connectivity index (χ1) is 6.70. The summed E-state index contributed by atoms with van der Waals surface area (Å²) in [5.41, 5.74) is 0. The van der Waals surface area contributed by atoms with Gasteiger partial charge >= 0.3 is 0 Å². The van der Waals surface area contributed by atoms with Gasteiger partial charge in [-0.15, -0.1) is 0 Å². The number of rotatable bonds is 7. The van der Waals surface area contributed by atoms with E-state index in [9.17, 15) is 0 Å². The maximum atomic E-state index is 8.65. The van der Waals surface area contributed by atoms with Gasteiger partial charge in [0.05, 0.1) is 6.61 Å². The van der Waals surface area contributed by atoms with Crippen LogP contribution in [0, 0.1) is 0 Å². The molecule has 0 aromatic carbocycles. The van der Waals surface area contributed by atoms with Crippen LogP contribution in [0.4, 0.5) is 0 Å². The number of aliphatic hydroxyl groups is 1. The lowest BCUT2D eigenvalue weighted by molar-refractivity contribution is 0.202. The second kappa shape index (κ2) is 12.9. The highest BCUT2D eigenvalue weighted by Gasteiger charge is 1.99. The van der Waals surface area contributed by atoms with Gasteiger partial charge in [0.1, 0.15) is 0 Å². The summed E-state index contributed by atoms with van der Waals surface area (Å²) >= 11 is 0. The predicted octanol–water partition coefficient (Wildman–Crippen LogP) is 1.28. The lowest BCUT2D eigenvalue weighted by Gasteiger charge is -2.20. The Balaban J connectivity index is 0. The Morgan fingerprint density at radius 3 is 1.64 bits per heavy atom. The maximum absolute atomic E-state index is 8.65. The van der Waals surface area contributed by atoms with Crippen molar-refractivity contribution < 1.29 is 5.11 Å². The Morgan fingerprint density at radius 1 is 0.857 bits per heavy atom. The van der Waals surface area contributed by atoms with Crippen molar-refractivity contribution in [3.8, 4) is 0 Å². The fourth-order valence-corrected chi connectivity index (χ4v) is 1.12. The van der Waals surface area contributed by atoms with E-state index in [1.54, 1.807) is 0 Å². The molecule has 0 rings (SSSR count). The Labute approximate surface area is 89.7 Å². The summed E-state index contributed by atoms with van der Waals surface area (Å²) in [6.45, 7) is 10.5. The van der Waals surface area contributed by atoms with Gasteiger partial charge in [0.15, 0.2) is 0 Å². The van der Waals surface area contributed by atoms with Crippen molar-refractivity contribution in [1.82, 2.24) is 9.80 Å². The van der Waals surface area contributed by atoms with Crippen LogP contribution in [-0.4, -0.2) is 61.8 Å². The summed E-state index contributed by atoms with van der Waals surface area (Å²) in [5.74, 6) is 0. The average molecular weight is 204 g/mol. The minimum Gasteiger partial charge on any atom is -0.395 e. The maximum Gasteiger partial charge on any atom is 0.0558 e. The lowest BCUT2D eigenvalue weighted by Crippen LogP contribution is -2.32. The van der Waals surface area contributed by atoms with Crippen molar-refractivity contribution in [2.45, 2.75) is 27.2 Å². The summed E-state index contributed by atoms with van der Waals surface area (Å²) < 4.78 is 0. The van der Waals surface area contributed by atoms with Crippen LogP contribution in [0.5, 0.6) is 0 Å². The van der Waals surface area contributed by atoms with Crippen LogP contribution >= 0.6 is 0 Å². The first kappa shape index (κ1) is 16.3. The van der Waals surface area contributed by atoms with E-state index in [-0.39, 0.29) is 6.61 Å². The van der Waals surface area contributed by atoms with Gasteiger partial charge in [0.2, 0.25) is 0 Å². The smallest absolute Gasteiger partial charge is 0.0558 e. The van der Waals surface area contributed by atoms with Gasteiger partial charge in [0.25, 0.3) is 0 Å². The Morgan fingerprint density at radius 2 is 1.29 bits per heavy atom. The minimum absolute atomic E-state index is 0.258. The second-order valence-corrected chi connectivity index (χ2v) is 3.33. The van der Waals surface area contributed by atoms with Gasteiger partial charge in [-0.3, -0.25) is 0 Å². The highest BCUT2D eigenvalue weighted by molar-refractivity contribution is 4.55. The van der Waals surface area contributed by atoms with Crippen LogP contribution in [0.15, 0.2) is 0 Å². The van der Waals surface area contributed by atoms with Gasteiger partial charge in [-0.2, -0.15) is 0 Å². The number of hydrogen-bond acceptors (Lipinski definition) is 3. The fraction of sp³-hybridized carbons (Fsp3) is 1.00. The molecule has 0 aromatic heterocycles. The molecule has 0 saturated carbocycles. The van der Waals surface area contributed by atoms with Crippen molar-refractivity contribution in [3.63, 3.8) is 0 Å². The molecule has 0 heterocycles. The molecule has 0 unspecified atom stereocenters. The topological polar surface area (TPSA) is 26.7 Å². The third-order valence-corrected chi connectivity index (χ3v) is 1.95.